The van der Waals surface area contributed by atoms with E-state index in [4.69, 9.17) is 4.98 Å². The average Bonchev–Trinajstić information content (AvgIpc) is 2.83. The molecule has 0 bridgehead atoms. The summed E-state index contributed by atoms with van der Waals surface area (Å²) < 4.78 is 1.58. The van der Waals surface area contributed by atoms with Gasteiger partial charge in [0, 0.05) is 36.6 Å². The van der Waals surface area contributed by atoms with Crippen molar-refractivity contribution in [1.82, 2.24) is 9.38 Å². The molecule has 4 aromatic rings. The molecule has 7 heteroatoms. The largest absolute Gasteiger partial charge is 0.478 e. The highest BCUT2D eigenvalue weighted by Crippen LogP contribution is 2.27. The highest BCUT2D eigenvalue weighted by atomic mass is 16.4. The molecule has 0 saturated heterocycles. The maximum absolute atomic E-state index is 13.1. The van der Waals surface area contributed by atoms with E-state index in [-0.39, 0.29) is 17.2 Å². The van der Waals surface area contributed by atoms with Crippen LogP contribution in [-0.4, -0.2) is 27.0 Å². The van der Waals surface area contributed by atoms with Crippen LogP contribution in [0.4, 0.5) is 11.5 Å². The minimum atomic E-state index is -0.994. The first kappa shape index (κ1) is 21.7. The molecule has 2 N–H and O–H groups in total. The van der Waals surface area contributed by atoms with E-state index in [1.165, 1.54) is 11.1 Å². The SMILES string of the molecule is Cc1cc([C@@H](C)Nc2ccccc2C(=O)O)c2nc(N3CCc4ccccc4C3)cc(=O)n2c1. The monoisotopic (exact) mass is 454 g/mol. The minimum Gasteiger partial charge on any atom is -0.478 e. The van der Waals surface area contributed by atoms with Crippen LogP contribution in [-0.2, 0) is 13.0 Å². The van der Waals surface area contributed by atoms with Crippen molar-refractivity contribution in [2.75, 3.05) is 16.8 Å². The van der Waals surface area contributed by atoms with Crippen LogP contribution in [0.25, 0.3) is 5.65 Å². The molecule has 172 valence electrons. The van der Waals surface area contributed by atoms with E-state index in [1.54, 1.807) is 40.9 Å². The van der Waals surface area contributed by atoms with Gasteiger partial charge in [0.25, 0.3) is 5.56 Å². The van der Waals surface area contributed by atoms with E-state index in [0.29, 0.717) is 23.7 Å². The third kappa shape index (κ3) is 4.01. The number of aromatic nitrogens is 2. The lowest BCUT2D eigenvalue weighted by Crippen LogP contribution is -2.32. The van der Waals surface area contributed by atoms with Gasteiger partial charge in [-0.25, -0.2) is 9.78 Å². The number of anilines is 2. The first-order valence-corrected chi connectivity index (χ1v) is 11.4. The molecule has 0 spiro atoms. The molecule has 2 aromatic carbocycles. The predicted octanol–water partition coefficient (Wildman–Crippen LogP) is 4.44. The van der Waals surface area contributed by atoms with Crippen LogP contribution in [0.2, 0.25) is 0 Å². The van der Waals surface area contributed by atoms with Crippen LogP contribution >= 0.6 is 0 Å². The van der Waals surface area contributed by atoms with Crippen LogP contribution in [0.3, 0.4) is 0 Å². The fourth-order valence-electron chi connectivity index (χ4n) is 4.64. The summed E-state index contributed by atoms with van der Waals surface area (Å²) in [4.78, 5) is 31.8. The fraction of sp³-hybridized carbons (Fsp3) is 0.222. The van der Waals surface area contributed by atoms with E-state index in [2.05, 4.69) is 28.4 Å². The maximum atomic E-state index is 13.1. The van der Waals surface area contributed by atoms with Crippen molar-refractivity contribution in [2.24, 2.45) is 0 Å². The zero-order valence-corrected chi connectivity index (χ0v) is 19.2. The van der Waals surface area contributed by atoms with Crippen molar-refractivity contribution < 1.29 is 9.90 Å². The number of carbonyl (C=O) groups is 1. The number of para-hydroxylation sites is 1. The number of carboxylic acid groups (broad SMARTS) is 1. The van der Waals surface area contributed by atoms with Gasteiger partial charge in [0.2, 0.25) is 0 Å². The van der Waals surface area contributed by atoms with E-state index < -0.39 is 5.97 Å². The smallest absolute Gasteiger partial charge is 0.337 e. The summed E-state index contributed by atoms with van der Waals surface area (Å²) in [5.41, 5.74) is 5.49. The zero-order chi connectivity index (χ0) is 23.8. The molecule has 0 fully saturated rings. The van der Waals surface area contributed by atoms with Crippen molar-refractivity contribution in [3.8, 4) is 0 Å². The third-order valence-electron chi connectivity index (χ3n) is 6.36. The first-order chi connectivity index (χ1) is 16.4. The Hall–Kier alpha value is -4.13. The molecule has 1 atom stereocenters. The van der Waals surface area contributed by atoms with Gasteiger partial charge in [0.15, 0.2) is 0 Å². The Morgan fingerprint density at radius 2 is 1.82 bits per heavy atom. The summed E-state index contributed by atoms with van der Waals surface area (Å²) in [5.74, 6) is -0.339. The second-order valence-electron chi connectivity index (χ2n) is 8.78. The van der Waals surface area contributed by atoms with Crippen molar-refractivity contribution >= 4 is 23.1 Å². The lowest BCUT2D eigenvalue weighted by atomic mass is 10.00. The predicted molar refractivity (Wildman–Crippen MR) is 133 cm³/mol. The summed E-state index contributed by atoms with van der Waals surface area (Å²) >= 11 is 0. The molecule has 0 radical (unpaired) electrons. The van der Waals surface area contributed by atoms with Crippen LogP contribution in [0.1, 0.15) is 45.6 Å². The molecule has 0 saturated carbocycles. The average molecular weight is 455 g/mol. The minimum absolute atomic E-state index is 0.137. The standard InChI is InChI=1S/C27H26N4O3/c1-17-13-22(18(2)28-23-10-6-5-9-21(23)27(33)34)26-29-24(14-25(32)31(26)15-17)30-12-11-19-7-3-4-8-20(19)16-30/h3-10,13-15,18,28H,11-12,16H2,1-2H3,(H,33,34)/t18-/m1/s1. The molecule has 1 aliphatic rings. The van der Waals surface area contributed by atoms with E-state index in [0.717, 1.165) is 24.1 Å². The van der Waals surface area contributed by atoms with Crippen LogP contribution in [0.5, 0.6) is 0 Å². The summed E-state index contributed by atoms with van der Waals surface area (Å²) in [7, 11) is 0. The number of rotatable bonds is 5. The number of fused-ring (bicyclic) bond motifs is 2. The highest BCUT2D eigenvalue weighted by Gasteiger charge is 2.21. The normalized spacial score (nSPS) is 14.0. The molecule has 3 heterocycles. The number of carboxylic acids is 1. The van der Waals surface area contributed by atoms with Crippen LogP contribution in [0.15, 0.2) is 71.7 Å². The van der Waals surface area contributed by atoms with Gasteiger partial charge >= 0.3 is 5.97 Å². The number of hydrogen-bond donors (Lipinski definition) is 2. The summed E-state index contributed by atoms with van der Waals surface area (Å²) in [5, 5.41) is 12.9. The molecule has 0 unspecified atom stereocenters. The van der Waals surface area contributed by atoms with Gasteiger partial charge in [-0.15, -0.1) is 0 Å². The van der Waals surface area contributed by atoms with Gasteiger partial charge in [-0.2, -0.15) is 0 Å². The topological polar surface area (TPSA) is 86.9 Å². The molecular formula is C27H26N4O3. The number of nitrogens with one attached hydrogen (secondary N) is 1. The number of aryl methyl sites for hydroxylation is 1. The van der Waals surface area contributed by atoms with Gasteiger partial charge in [-0.05, 0) is 55.2 Å². The Balaban J connectivity index is 1.56. The van der Waals surface area contributed by atoms with Gasteiger partial charge in [-0.1, -0.05) is 36.4 Å². The second kappa shape index (κ2) is 8.67. The van der Waals surface area contributed by atoms with E-state index >= 15 is 0 Å². The highest BCUT2D eigenvalue weighted by molar-refractivity contribution is 5.94. The lowest BCUT2D eigenvalue weighted by Gasteiger charge is -2.30. The van der Waals surface area contributed by atoms with Gasteiger partial charge in [0.05, 0.1) is 11.6 Å². The molecule has 5 rings (SSSR count). The van der Waals surface area contributed by atoms with Gasteiger partial charge in [-0.3, -0.25) is 9.20 Å². The lowest BCUT2D eigenvalue weighted by molar-refractivity contribution is 0.0698. The quantitative estimate of drug-likeness (QED) is 0.464. The van der Waals surface area contributed by atoms with Crippen molar-refractivity contribution in [3.05, 3.63) is 105 Å². The molecule has 0 aliphatic carbocycles. The molecule has 7 nitrogen and oxygen atoms in total. The third-order valence-corrected chi connectivity index (χ3v) is 6.36. The molecule has 34 heavy (non-hydrogen) atoms. The molecule has 2 aromatic heterocycles. The van der Waals surface area contributed by atoms with E-state index in [1.807, 2.05) is 26.0 Å². The Kier molecular flexibility index (Phi) is 5.53. The fourth-order valence-corrected chi connectivity index (χ4v) is 4.64. The molecule has 0 amide bonds. The summed E-state index contributed by atoms with van der Waals surface area (Å²) in [6.45, 7) is 5.38. The van der Waals surface area contributed by atoms with Crippen molar-refractivity contribution in [3.63, 3.8) is 0 Å². The first-order valence-electron chi connectivity index (χ1n) is 11.4. The number of aromatic carboxylic acids is 1. The van der Waals surface area contributed by atoms with Crippen molar-refractivity contribution in [1.29, 1.82) is 0 Å². The number of hydrogen-bond acceptors (Lipinski definition) is 5. The summed E-state index contributed by atoms with van der Waals surface area (Å²) in [6.07, 6.45) is 2.70. The van der Waals surface area contributed by atoms with Crippen molar-refractivity contribution in [2.45, 2.75) is 32.9 Å². The number of benzene rings is 2. The molecule has 1 aliphatic heterocycles. The van der Waals surface area contributed by atoms with E-state index in [9.17, 15) is 14.7 Å². The Morgan fingerprint density at radius 3 is 2.62 bits per heavy atom. The summed E-state index contributed by atoms with van der Waals surface area (Å²) in [6, 6.07) is 18.5. The number of pyridine rings is 1. The molecular weight excluding hydrogens is 428 g/mol. The Morgan fingerprint density at radius 1 is 1.09 bits per heavy atom. The maximum Gasteiger partial charge on any atom is 0.337 e. The van der Waals surface area contributed by atoms with Crippen LogP contribution in [0, 0.1) is 6.92 Å². The Labute approximate surface area is 197 Å². The van der Waals surface area contributed by atoms with Gasteiger partial charge in [0.1, 0.15) is 11.5 Å². The van der Waals surface area contributed by atoms with Gasteiger partial charge < -0.3 is 15.3 Å². The Bertz CT molecular complexity index is 1460. The second-order valence-corrected chi connectivity index (χ2v) is 8.78. The van der Waals surface area contributed by atoms with Crippen LogP contribution < -0.4 is 15.8 Å². The zero-order valence-electron chi connectivity index (χ0n) is 19.2. The number of nitrogens with zero attached hydrogens (tertiary/aromatic N) is 3.